The van der Waals surface area contributed by atoms with E-state index in [0.717, 1.165) is 69.0 Å². The number of halogens is 1. The maximum absolute atomic E-state index is 12.7. The summed E-state index contributed by atoms with van der Waals surface area (Å²) in [4.78, 5) is 20.0. The van der Waals surface area contributed by atoms with E-state index >= 15 is 0 Å². The average molecular weight is 449 g/mol. The lowest BCUT2D eigenvalue weighted by atomic mass is 9.96. The van der Waals surface area contributed by atoms with Crippen LogP contribution in [0.25, 0.3) is 0 Å². The Bertz CT molecular complexity index is 699. The van der Waals surface area contributed by atoms with Gasteiger partial charge in [0.25, 0.3) is 0 Å². The number of carbonyl (C=O) groups excluding carboxylic acids is 1. The fraction of sp³-hybridized carbons (Fsp3) is 0.708. The number of nitrogens with zero attached hydrogens (tertiary/aromatic N) is 3. The maximum atomic E-state index is 12.7. The zero-order chi connectivity index (χ0) is 21.5. The molecular weight excluding hydrogens is 412 g/mol. The van der Waals surface area contributed by atoms with Crippen LogP contribution in [0.4, 0.5) is 0 Å². The third-order valence-corrected chi connectivity index (χ3v) is 7.38. The van der Waals surface area contributed by atoms with Gasteiger partial charge in [0.1, 0.15) is 0 Å². The number of benzene rings is 1. The first-order valence-corrected chi connectivity index (χ1v) is 12.3. The van der Waals surface area contributed by atoms with Crippen LogP contribution in [0.3, 0.4) is 0 Å². The Hall–Kier alpha value is -1.18. The van der Waals surface area contributed by atoms with E-state index in [1.54, 1.807) is 0 Å². The van der Waals surface area contributed by atoms with Crippen LogP contribution < -0.4 is 5.32 Å². The summed E-state index contributed by atoms with van der Waals surface area (Å²) in [6.45, 7) is 10.3. The van der Waals surface area contributed by atoms with Crippen LogP contribution in [0.1, 0.15) is 37.3 Å². The normalized spacial score (nSPS) is 23.1. The highest BCUT2D eigenvalue weighted by atomic mass is 35.5. The molecule has 3 saturated heterocycles. The second kappa shape index (κ2) is 11.6. The van der Waals surface area contributed by atoms with E-state index in [0.29, 0.717) is 13.1 Å². The van der Waals surface area contributed by atoms with Gasteiger partial charge in [0, 0.05) is 31.2 Å². The number of likely N-dealkylation sites (tertiary alicyclic amines) is 2. The van der Waals surface area contributed by atoms with Crippen LogP contribution in [0.15, 0.2) is 24.3 Å². The number of ether oxygens (including phenoxy) is 1. The predicted molar refractivity (Wildman–Crippen MR) is 124 cm³/mol. The van der Waals surface area contributed by atoms with Crippen molar-refractivity contribution in [2.75, 3.05) is 72.1 Å². The number of nitrogens with one attached hydrogen (secondary N) is 1. The van der Waals surface area contributed by atoms with Gasteiger partial charge in [-0.2, -0.15) is 0 Å². The zero-order valence-electron chi connectivity index (χ0n) is 18.6. The van der Waals surface area contributed by atoms with Gasteiger partial charge in [0.05, 0.1) is 25.8 Å². The molecule has 0 unspecified atom stereocenters. The van der Waals surface area contributed by atoms with E-state index in [1.807, 2.05) is 18.2 Å². The topological polar surface area (TPSA) is 48.1 Å². The summed E-state index contributed by atoms with van der Waals surface area (Å²) < 4.78 is 5.45. The Morgan fingerprint density at radius 3 is 2.45 bits per heavy atom. The van der Waals surface area contributed by atoms with Gasteiger partial charge in [0.15, 0.2) is 0 Å². The van der Waals surface area contributed by atoms with E-state index in [2.05, 4.69) is 26.1 Å². The molecule has 1 aromatic carbocycles. The monoisotopic (exact) mass is 448 g/mol. The number of piperidine rings is 1. The van der Waals surface area contributed by atoms with Crippen molar-refractivity contribution in [2.45, 2.75) is 31.7 Å². The van der Waals surface area contributed by atoms with Crippen LogP contribution in [-0.4, -0.2) is 92.7 Å². The highest BCUT2D eigenvalue weighted by Crippen LogP contribution is 2.29. The average Bonchev–Trinajstić information content (AvgIpc) is 3.32. The molecule has 31 heavy (non-hydrogen) atoms. The summed E-state index contributed by atoms with van der Waals surface area (Å²) in [5.74, 6) is 0.875. The Labute approximate surface area is 191 Å². The minimum atomic E-state index is 0.128. The summed E-state index contributed by atoms with van der Waals surface area (Å²) in [6.07, 6.45) is 4.80. The molecule has 1 amide bonds. The molecule has 3 aliphatic heterocycles. The minimum absolute atomic E-state index is 0.128. The molecule has 3 heterocycles. The van der Waals surface area contributed by atoms with Gasteiger partial charge in [-0.3, -0.25) is 19.5 Å². The molecule has 6 nitrogen and oxygen atoms in total. The third-order valence-electron chi connectivity index (χ3n) is 7.03. The first kappa shape index (κ1) is 23.0. The lowest BCUT2D eigenvalue weighted by Crippen LogP contribution is -2.46. The fourth-order valence-electron chi connectivity index (χ4n) is 5.18. The van der Waals surface area contributed by atoms with Crippen molar-refractivity contribution >= 4 is 17.5 Å². The Balaban J connectivity index is 1.22. The van der Waals surface area contributed by atoms with E-state index in [1.165, 1.54) is 32.2 Å². The molecule has 1 N–H and O–H groups in total. The second-order valence-electron chi connectivity index (χ2n) is 9.22. The van der Waals surface area contributed by atoms with Crippen molar-refractivity contribution < 1.29 is 9.53 Å². The molecular formula is C24H37ClN4O2. The van der Waals surface area contributed by atoms with Crippen LogP contribution in [-0.2, 0) is 9.53 Å². The number of hydrogen-bond donors (Lipinski definition) is 1. The fourth-order valence-corrected chi connectivity index (χ4v) is 5.44. The minimum Gasteiger partial charge on any atom is -0.379 e. The SMILES string of the molecule is O=C(CN1CCC(CN2CCOCC2)CC1)NC[C@H](c1ccccc1Cl)N1CCCC1. The van der Waals surface area contributed by atoms with Gasteiger partial charge in [-0.05, 0) is 69.4 Å². The highest BCUT2D eigenvalue weighted by molar-refractivity contribution is 6.31. The highest BCUT2D eigenvalue weighted by Gasteiger charge is 2.27. The Morgan fingerprint density at radius 1 is 1.03 bits per heavy atom. The van der Waals surface area contributed by atoms with Crippen molar-refractivity contribution in [1.82, 2.24) is 20.0 Å². The summed E-state index contributed by atoms with van der Waals surface area (Å²) in [7, 11) is 0. The molecule has 0 saturated carbocycles. The van der Waals surface area contributed by atoms with E-state index in [-0.39, 0.29) is 11.9 Å². The molecule has 0 bridgehead atoms. The van der Waals surface area contributed by atoms with Gasteiger partial charge < -0.3 is 10.1 Å². The summed E-state index contributed by atoms with van der Waals surface area (Å²) in [5.41, 5.74) is 1.12. The second-order valence-corrected chi connectivity index (χ2v) is 9.62. The van der Waals surface area contributed by atoms with Crippen molar-refractivity contribution in [1.29, 1.82) is 0 Å². The molecule has 0 aliphatic carbocycles. The number of rotatable bonds is 8. The van der Waals surface area contributed by atoms with Gasteiger partial charge in [-0.25, -0.2) is 0 Å². The lowest BCUT2D eigenvalue weighted by molar-refractivity contribution is -0.122. The summed E-state index contributed by atoms with van der Waals surface area (Å²) in [6, 6.07) is 8.19. The van der Waals surface area contributed by atoms with Crippen LogP contribution >= 0.6 is 11.6 Å². The predicted octanol–water partition coefficient (Wildman–Crippen LogP) is 2.64. The molecule has 0 radical (unpaired) electrons. The van der Waals surface area contributed by atoms with Crippen LogP contribution in [0.5, 0.6) is 0 Å². The van der Waals surface area contributed by atoms with E-state index < -0.39 is 0 Å². The molecule has 3 aliphatic rings. The van der Waals surface area contributed by atoms with Crippen molar-refractivity contribution in [2.24, 2.45) is 5.92 Å². The number of morpholine rings is 1. The smallest absolute Gasteiger partial charge is 0.234 e. The molecule has 7 heteroatoms. The summed E-state index contributed by atoms with van der Waals surface area (Å²) >= 11 is 6.49. The molecule has 1 atom stereocenters. The van der Waals surface area contributed by atoms with E-state index in [9.17, 15) is 4.79 Å². The maximum Gasteiger partial charge on any atom is 0.234 e. The van der Waals surface area contributed by atoms with Crippen LogP contribution in [0.2, 0.25) is 5.02 Å². The quantitative estimate of drug-likeness (QED) is 0.662. The first-order chi connectivity index (χ1) is 15.2. The van der Waals surface area contributed by atoms with Gasteiger partial charge in [0.2, 0.25) is 5.91 Å². The third kappa shape index (κ3) is 6.65. The van der Waals surface area contributed by atoms with Crippen molar-refractivity contribution in [3.05, 3.63) is 34.9 Å². The first-order valence-electron chi connectivity index (χ1n) is 12.0. The largest absolute Gasteiger partial charge is 0.379 e. The van der Waals surface area contributed by atoms with Crippen LogP contribution in [0, 0.1) is 5.92 Å². The Kier molecular flexibility index (Phi) is 8.62. The number of carbonyl (C=O) groups is 1. The standard InChI is InChI=1S/C24H37ClN4O2/c25-22-6-2-1-5-21(22)23(29-9-3-4-10-29)17-26-24(30)19-27-11-7-20(8-12-27)18-28-13-15-31-16-14-28/h1-2,5-6,20,23H,3-4,7-19H2,(H,26,30)/t23-/m1/s1. The Morgan fingerprint density at radius 2 is 1.74 bits per heavy atom. The molecule has 172 valence electrons. The number of hydrogen-bond acceptors (Lipinski definition) is 5. The molecule has 0 spiro atoms. The number of amides is 1. The zero-order valence-corrected chi connectivity index (χ0v) is 19.4. The van der Waals surface area contributed by atoms with Gasteiger partial charge in [-0.1, -0.05) is 29.8 Å². The van der Waals surface area contributed by atoms with Gasteiger partial charge in [-0.15, -0.1) is 0 Å². The van der Waals surface area contributed by atoms with Crippen molar-refractivity contribution in [3.63, 3.8) is 0 Å². The summed E-state index contributed by atoms with van der Waals surface area (Å²) in [5, 5.41) is 3.99. The van der Waals surface area contributed by atoms with Gasteiger partial charge >= 0.3 is 0 Å². The molecule has 1 aromatic rings. The van der Waals surface area contributed by atoms with Crippen molar-refractivity contribution in [3.8, 4) is 0 Å². The molecule has 0 aromatic heterocycles. The lowest BCUT2D eigenvalue weighted by Gasteiger charge is -2.36. The molecule has 4 rings (SSSR count). The van der Waals surface area contributed by atoms with E-state index in [4.69, 9.17) is 16.3 Å². The molecule has 3 fully saturated rings.